The highest BCUT2D eigenvalue weighted by Crippen LogP contribution is 2.26. The first kappa shape index (κ1) is 14.4. The van der Waals surface area contributed by atoms with Gasteiger partial charge in [-0.05, 0) is 31.0 Å². The van der Waals surface area contributed by atoms with Crippen LogP contribution in [0.15, 0.2) is 36.7 Å². The van der Waals surface area contributed by atoms with Crippen molar-refractivity contribution in [1.29, 1.82) is 0 Å². The molecule has 6 heteroatoms. The van der Waals surface area contributed by atoms with E-state index in [-0.39, 0.29) is 11.8 Å². The molecule has 0 radical (unpaired) electrons. The average molecular weight is 297 g/mol. The van der Waals surface area contributed by atoms with E-state index in [0.717, 1.165) is 31.6 Å². The van der Waals surface area contributed by atoms with E-state index >= 15 is 0 Å². The van der Waals surface area contributed by atoms with Crippen molar-refractivity contribution in [3.05, 3.63) is 42.4 Å². The molecule has 0 aromatic carbocycles. The molecule has 1 atom stereocenters. The average Bonchev–Trinajstić information content (AvgIpc) is 2.56. The van der Waals surface area contributed by atoms with Gasteiger partial charge in [0.05, 0.1) is 5.69 Å². The van der Waals surface area contributed by atoms with E-state index in [4.69, 9.17) is 0 Å². The fourth-order valence-corrected chi connectivity index (χ4v) is 2.72. The quantitative estimate of drug-likeness (QED) is 0.941. The zero-order valence-corrected chi connectivity index (χ0v) is 12.6. The second-order valence-electron chi connectivity index (χ2n) is 5.45. The lowest BCUT2D eigenvalue weighted by Crippen LogP contribution is -2.37. The maximum Gasteiger partial charge on any atom is 0.228 e. The number of amides is 1. The van der Waals surface area contributed by atoms with Crippen LogP contribution in [0.1, 0.15) is 31.4 Å². The maximum absolute atomic E-state index is 11.6. The van der Waals surface area contributed by atoms with E-state index in [0.29, 0.717) is 11.8 Å². The summed E-state index contributed by atoms with van der Waals surface area (Å²) in [6.07, 6.45) is 5.53. The summed E-state index contributed by atoms with van der Waals surface area (Å²) in [5.41, 5.74) is 0.972. The van der Waals surface area contributed by atoms with Crippen molar-refractivity contribution in [3.8, 4) is 0 Å². The molecule has 3 rings (SSSR count). The highest BCUT2D eigenvalue weighted by Gasteiger charge is 2.24. The summed E-state index contributed by atoms with van der Waals surface area (Å²) in [6.45, 7) is 3.20. The molecule has 1 unspecified atom stereocenters. The number of piperidine rings is 1. The molecule has 1 saturated heterocycles. The lowest BCUT2D eigenvalue weighted by atomic mass is 9.94. The third kappa shape index (κ3) is 3.39. The number of hydrogen-bond donors (Lipinski definition) is 1. The van der Waals surface area contributed by atoms with Gasteiger partial charge in [0.2, 0.25) is 11.9 Å². The van der Waals surface area contributed by atoms with Crippen LogP contribution in [0.5, 0.6) is 0 Å². The molecule has 1 fully saturated rings. The predicted molar refractivity (Wildman–Crippen MR) is 83.8 cm³/mol. The molecule has 0 saturated carbocycles. The van der Waals surface area contributed by atoms with Crippen LogP contribution in [0, 0.1) is 0 Å². The molecule has 0 aliphatic carbocycles. The van der Waals surface area contributed by atoms with Crippen LogP contribution in [-0.2, 0) is 4.79 Å². The number of pyridine rings is 1. The van der Waals surface area contributed by atoms with E-state index in [1.165, 1.54) is 0 Å². The number of hydrogen-bond acceptors (Lipinski definition) is 5. The number of nitrogens with zero attached hydrogens (tertiary/aromatic N) is 4. The third-order valence-electron chi connectivity index (χ3n) is 3.87. The molecule has 1 N–H and O–H groups in total. The number of likely N-dealkylation sites (tertiary alicyclic amines) is 1. The summed E-state index contributed by atoms with van der Waals surface area (Å²) in [7, 11) is 0. The van der Waals surface area contributed by atoms with Gasteiger partial charge in [0, 0.05) is 38.3 Å². The number of rotatable bonds is 3. The summed E-state index contributed by atoms with van der Waals surface area (Å²) >= 11 is 0. The van der Waals surface area contributed by atoms with Crippen molar-refractivity contribution in [3.63, 3.8) is 0 Å². The van der Waals surface area contributed by atoms with Gasteiger partial charge in [-0.25, -0.2) is 15.0 Å². The van der Waals surface area contributed by atoms with Gasteiger partial charge in [0.15, 0.2) is 0 Å². The smallest absolute Gasteiger partial charge is 0.228 e. The van der Waals surface area contributed by atoms with E-state index < -0.39 is 0 Å². The Kier molecular flexibility index (Phi) is 4.27. The molecule has 6 nitrogen and oxygen atoms in total. The number of nitrogens with one attached hydrogen (secondary N) is 1. The van der Waals surface area contributed by atoms with Crippen LogP contribution in [0.25, 0.3) is 0 Å². The minimum Gasteiger partial charge on any atom is -0.342 e. The minimum absolute atomic E-state index is 0.130. The fourth-order valence-electron chi connectivity index (χ4n) is 2.72. The molecule has 1 aliphatic heterocycles. The van der Waals surface area contributed by atoms with Crippen molar-refractivity contribution < 1.29 is 4.79 Å². The lowest BCUT2D eigenvalue weighted by molar-refractivity contribution is -0.130. The highest BCUT2D eigenvalue weighted by atomic mass is 16.2. The highest BCUT2D eigenvalue weighted by molar-refractivity contribution is 5.73. The van der Waals surface area contributed by atoms with E-state index in [9.17, 15) is 4.79 Å². The Morgan fingerprint density at radius 3 is 2.95 bits per heavy atom. The molecule has 3 heterocycles. The second-order valence-corrected chi connectivity index (χ2v) is 5.45. The molecular formula is C16H19N5O. The molecule has 1 amide bonds. The van der Waals surface area contributed by atoms with Crippen LogP contribution in [0.2, 0.25) is 0 Å². The van der Waals surface area contributed by atoms with Crippen LogP contribution in [0.4, 0.5) is 11.8 Å². The molecule has 2 aromatic heterocycles. The van der Waals surface area contributed by atoms with Gasteiger partial charge in [0.1, 0.15) is 5.82 Å². The van der Waals surface area contributed by atoms with Crippen LogP contribution in [-0.4, -0.2) is 38.8 Å². The van der Waals surface area contributed by atoms with Crippen LogP contribution < -0.4 is 5.32 Å². The number of carbonyl (C=O) groups excluding carboxylic acids is 1. The Labute approximate surface area is 129 Å². The number of carbonyl (C=O) groups is 1. The third-order valence-corrected chi connectivity index (χ3v) is 3.87. The molecule has 0 bridgehead atoms. The number of anilines is 2. The first-order valence-corrected chi connectivity index (χ1v) is 7.49. The van der Waals surface area contributed by atoms with Crippen molar-refractivity contribution in [1.82, 2.24) is 19.9 Å². The van der Waals surface area contributed by atoms with Gasteiger partial charge in [-0.3, -0.25) is 4.79 Å². The molecule has 114 valence electrons. The Bertz CT molecular complexity index is 646. The van der Waals surface area contributed by atoms with Crippen molar-refractivity contribution in [2.24, 2.45) is 0 Å². The monoisotopic (exact) mass is 297 g/mol. The second kappa shape index (κ2) is 6.51. The normalized spacial score (nSPS) is 18.0. The molecule has 22 heavy (non-hydrogen) atoms. The zero-order chi connectivity index (χ0) is 15.4. The molecule has 2 aromatic rings. The van der Waals surface area contributed by atoms with Gasteiger partial charge < -0.3 is 10.2 Å². The van der Waals surface area contributed by atoms with E-state index in [1.807, 2.05) is 29.2 Å². The van der Waals surface area contributed by atoms with Crippen molar-refractivity contribution in [2.75, 3.05) is 18.4 Å². The Morgan fingerprint density at radius 2 is 2.18 bits per heavy atom. The summed E-state index contributed by atoms with van der Waals surface area (Å²) in [4.78, 5) is 26.5. The molecular weight excluding hydrogens is 278 g/mol. The van der Waals surface area contributed by atoms with Gasteiger partial charge in [0.25, 0.3) is 0 Å². The fraction of sp³-hybridized carbons (Fsp3) is 0.375. The summed E-state index contributed by atoms with van der Waals surface area (Å²) in [6, 6.07) is 7.57. The van der Waals surface area contributed by atoms with E-state index in [2.05, 4.69) is 20.3 Å². The number of aromatic nitrogens is 3. The first-order valence-electron chi connectivity index (χ1n) is 7.49. The summed E-state index contributed by atoms with van der Waals surface area (Å²) < 4.78 is 0. The van der Waals surface area contributed by atoms with E-state index in [1.54, 1.807) is 19.3 Å². The van der Waals surface area contributed by atoms with Crippen molar-refractivity contribution >= 4 is 17.7 Å². The molecule has 0 spiro atoms. The zero-order valence-electron chi connectivity index (χ0n) is 12.6. The van der Waals surface area contributed by atoms with Crippen LogP contribution in [0.3, 0.4) is 0 Å². The van der Waals surface area contributed by atoms with Crippen LogP contribution >= 0.6 is 0 Å². The predicted octanol–water partition coefficient (Wildman–Crippen LogP) is 2.34. The Balaban J connectivity index is 1.75. The molecule has 1 aliphatic rings. The minimum atomic E-state index is 0.130. The summed E-state index contributed by atoms with van der Waals surface area (Å²) in [5.74, 6) is 1.65. The standard InChI is InChI=1S/C16H19N5O/c1-12(22)21-10-4-5-13(11-21)14-7-9-18-16(19-14)20-15-6-2-3-8-17-15/h2-3,6-9,13H,4-5,10-11H2,1H3,(H,17,18,19,20). The largest absolute Gasteiger partial charge is 0.342 e. The Hall–Kier alpha value is -2.50. The topological polar surface area (TPSA) is 71.0 Å². The summed E-state index contributed by atoms with van der Waals surface area (Å²) in [5, 5.41) is 3.10. The maximum atomic E-state index is 11.6. The Morgan fingerprint density at radius 1 is 1.27 bits per heavy atom. The first-order chi connectivity index (χ1) is 10.7. The van der Waals surface area contributed by atoms with Crippen molar-refractivity contribution in [2.45, 2.75) is 25.7 Å². The van der Waals surface area contributed by atoms with Gasteiger partial charge in [-0.15, -0.1) is 0 Å². The lowest BCUT2D eigenvalue weighted by Gasteiger charge is -2.31. The van der Waals surface area contributed by atoms with Gasteiger partial charge >= 0.3 is 0 Å². The van der Waals surface area contributed by atoms with Gasteiger partial charge in [-0.1, -0.05) is 6.07 Å². The van der Waals surface area contributed by atoms with Gasteiger partial charge in [-0.2, -0.15) is 0 Å². The SMILES string of the molecule is CC(=O)N1CCCC(c2ccnc(Nc3ccccn3)n2)C1.